The number of carbonyl (C=O) groups is 1. The van der Waals surface area contributed by atoms with Crippen molar-refractivity contribution in [3.63, 3.8) is 0 Å². The maximum Gasteiger partial charge on any atom is 0.326 e. The van der Waals surface area contributed by atoms with E-state index in [0.29, 0.717) is 6.54 Å². The molecular weight excluding hydrogens is 214 g/mol. The molecule has 84 valence electrons. The van der Waals surface area contributed by atoms with Crippen molar-refractivity contribution < 1.29 is 14.6 Å². The number of rotatable bonds is 6. The molecule has 1 aromatic rings. The third-order valence-electron chi connectivity index (χ3n) is 2.14. The quantitative estimate of drug-likeness (QED) is 0.772. The standard InChI is InChI=1S/C10H15NO3S/c1-10(7-14-2,9(12)13)11-6-8-4-3-5-15-8/h3-5,11H,6-7H2,1-2H3,(H,12,13). The van der Waals surface area contributed by atoms with E-state index < -0.39 is 11.5 Å². The molecule has 0 spiro atoms. The Morgan fingerprint density at radius 2 is 2.47 bits per heavy atom. The van der Waals surface area contributed by atoms with Gasteiger partial charge < -0.3 is 9.84 Å². The molecule has 1 unspecified atom stereocenters. The van der Waals surface area contributed by atoms with E-state index in [1.54, 1.807) is 18.3 Å². The van der Waals surface area contributed by atoms with Crippen LogP contribution in [0.4, 0.5) is 0 Å². The molecule has 1 heterocycles. The lowest BCUT2D eigenvalue weighted by molar-refractivity contribution is -0.146. The molecule has 0 fully saturated rings. The molecule has 5 heteroatoms. The summed E-state index contributed by atoms with van der Waals surface area (Å²) in [6.45, 7) is 2.31. The topological polar surface area (TPSA) is 58.6 Å². The van der Waals surface area contributed by atoms with Gasteiger partial charge in [0, 0.05) is 18.5 Å². The molecule has 0 aliphatic rings. The highest BCUT2D eigenvalue weighted by atomic mass is 32.1. The highest BCUT2D eigenvalue weighted by molar-refractivity contribution is 7.09. The molecule has 1 rings (SSSR count). The zero-order valence-corrected chi connectivity index (χ0v) is 9.63. The summed E-state index contributed by atoms with van der Waals surface area (Å²) in [6, 6.07) is 3.91. The van der Waals surface area contributed by atoms with Crippen molar-refractivity contribution in [3.8, 4) is 0 Å². The van der Waals surface area contributed by atoms with Crippen LogP contribution in [0.15, 0.2) is 17.5 Å². The minimum atomic E-state index is -1.03. The Labute approximate surface area is 92.9 Å². The fourth-order valence-corrected chi connectivity index (χ4v) is 1.82. The van der Waals surface area contributed by atoms with Gasteiger partial charge in [-0.15, -0.1) is 11.3 Å². The van der Waals surface area contributed by atoms with Crippen LogP contribution in [0, 0.1) is 0 Å². The van der Waals surface area contributed by atoms with E-state index in [1.807, 2.05) is 17.5 Å². The number of methoxy groups -OCH3 is 1. The fourth-order valence-electron chi connectivity index (χ4n) is 1.17. The molecule has 2 N–H and O–H groups in total. The SMILES string of the molecule is COCC(C)(NCc1cccs1)C(=O)O. The Bertz CT molecular complexity index is 312. The number of carboxylic acid groups (broad SMARTS) is 1. The summed E-state index contributed by atoms with van der Waals surface area (Å²) in [5.74, 6) is -0.902. The molecule has 0 aliphatic heterocycles. The Morgan fingerprint density at radius 1 is 1.73 bits per heavy atom. The lowest BCUT2D eigenvalue weighted by Crippen LogP contribution is -2.52. The van der Waals surface area contributed by atoms with Gasteiger partial charge in [0.2, 0.25) is 0 Å². The van der Waals surface area contributed by atoms with Gasteiger partial charge in [0.1, 0.15) is 5.54 Å². The van der Waals surface area contributed by atoms with E-state index in [4.69, 9.17) is 9.84 Å². The highest BCUT2D eigenvalue weighted by Crippen LogP contribution is 2.11. The van der Waals surface area contributed by atoms with Crippen LogP contribution in [0.2, 0.25) is 0 Å². The summed E-state index contributed by atoms with van der Waals surface area (Å²) in [5.41, 5.74) is -1.03. The second-order valence-corrected chi connectivity index (χ2v) is 4.54. The second-order valence-electron chi connectivity index (χ2n) is 3.50. The van der Waals surface area contributed by atoms with Crippen LogP contribution in [-0.4, -0.2) is 30.3 Å². The van der Waals surface area contributed by atoms with Gasteiger partial charge in [-0.25, -0.2) is 0 Å². The predicted octanol–water partition coefficient (Wildman–Crippen LogP) is 1.33. The van der Waals surface area contributed by atoms with Crippen molar-refractivity contribution in [2.75, 3.05) is 13.7 Å². The van der Waals surface area contributed by atoms with Gasteiger partial charge in [-0.1, -0.05) is 6.07 Å². The maximum absolute atomic E-state index is 11.0. The largest absolute Gasteiger partial charge is 0.480 e. The van der Waals surface area contributed by atoms with Crippen molar-refractivity contribution >= 4 is 17.3 Å². The van der Waals surface area contributed by atoms with Crippen LogP contribution < -0.4 is 5.32 Å². The average molecular weight is 229 g/mol. The maximum atomic E-state index is 11.0. The summed E-state index contributed by atoms with van der Waals surface area (Å²) in [5, 5.41) is 14.0. The van der Waals surface area contributed by atoms with Gasteiger partial charge in [-0.2, -0.15) is 0 Å². The number of carboxylic acids is 1. The normalized spacial score (nSPS) is 14.8. The van der Waals surface area contributed by atoms with Crippen LogP contribution in [0.5, 0.6) is 0 Å². The third kappa shape index (κ3) is 3.30. The van der Waals surface area contributed by atoms with Crippen molar-refractivity contribution in [2.45, 2.75) is 19.0 Å². The van der Waals surface area contributed by atoms with Gasteiger partial charge in [-0.05, 0) is 18.4 Å². The Balaban J connectivity index is 2.56. The highest BCUT2D eigenvalue weighted by Gasteiger charge is 2.32. The van der Waals surface area contributed by atoms with Crippen molar-refractivity contribution in [1.29, 1.82) is 0 Å². The van der Waals surface area contributed by atoms with Crippen LogP contribution in [0.25, 0.3) is 0 Å². The van der Waals surface area contributed by atoms with Gasteiger partial charge in [0.15, 0.2) is 0 Å². The average Bonchev–Trinajstić information content (AvgIpc) is 2.67. The molecule has 1 aromatic heterocycles. The third-order valence-corrected chi connectivity index (χ3v) is 3.01. The Kier molecular flexibility index (Phi) is 4.26. The Morgan fingerprint density at radius 3 is 2.93 bits per heavy atom. The minimum absolute atomic E-state index is 0.147. The molecule has 0 bridgehead atoms. The Hall–Kier alpha value is -0.910. The number of thiophene rings is 1. The first-order valence-electron chi connectivity index (χ1n) is 4.58. The second kappa shape index (κ2) is 5.25. The van der Waals surface area contributed by atoms with E-state index in [9.17, 15) is 4.79 Å². The molecule has 0 radical (unpaired) electrons. The fraction of sp³-hybridized carbons (Fsp3) is 0.500. The van der Waals surface area contributed by atoms with Gasteiger partial charge in [0.05, 0.1) is 6.61 Å². The van der Waals surface area contributed by atoms with E-state index in [-0.39, 0.29) is 6.61 Å². The summed E-state index contributed by atoms with van der Waals surface area (Å²) in [4.78, 5) is 12.1. The first-order valence-corrected chi connectivity index (χ1v) is 5.46. The zero-order valence-electron chi connectivity index (χ0n) is 8.82. The summed E-state index contributed by atoms with van der Waals surface area (Å²) in [6.07, 6.45) is 0. The summed E-state index contributed by atoms with van der Waals surface area (Å²) >= 11 is 1.60. The zero-order chi connectivity index (χ0) is 11.3. The van der Waals surface area contributed by atoms with Crippen LogP contribution >= 0.6 is 11.3 Å². The van der Waals surface area contributed by atoms with Gasteiger partial charge in [-0.3, -0.25) is 10.1 Å². The smallest absolute Gasteiger partial charge is 0.326 e. The minimum Gasteiger partial charge on any atom is -0.480 e. The first-order chi connectivity index (χ1) is 7.08. The van der Waals surface area contributed by atoms with E-state index >= 15 is 0 Å². The van der Waals surface area contributed by atoms with Crippen molar-refractivity contribution in [1.82, 2.24) is 5.32 Å². The molecule has 4 nitrogen and oxygen atoms in total. The van der Waals surface area contributed by atoms with Crippen molar-refractivity contribution in [2.24, 2.45) is 0 Å². The van der Waals surface area contributed by atoms with E-state index in [2.05, 4.69) is 5.32 Å². The summed E-state index contributed by atoms with van der Waals surface area (Å²) < 4.78 is 4.90. The lowest BCUT2D eigenvalue weighted by Gasteiger charge is -2.25. The first kappa shape index (κ1) is 12.2. The molecule has 0 amide bonds. The van der Waals surface area contributed by atoms with Crippen LogP contribution in [0.1, 0.15) is 11.8 Å². The van der Waals surface area contributed by atoms with E-state index in [0.717, 1.165) is 4.88 Å². The molecule has 15 heavy (non-hydrogen) atoms. The predicted molar refractivity (Wildman–Crippen MR) is 59.1 cm³/mol. The molecule has 0 saturated carbocycles. The lowest BCUT2D eigenvalue weighted by atomic mass is 10.0. The molecule has 0 aliphatic carbocycles. The van der Waals surface area contributed by atoms with Crippen LogP contribution in [0.3, 0.4) is 0 Å². The molecule has 0 saturated heterocycles. The van der Waals surface area contributed by atoms with Gasteiger partial charge in [0.25, 0.3) is 0 Å². The number of hydrogen-bond acceptors (Lipinski definition) is 4. The molecule has 0 aromatic carbocycles. The van der Waals surface area contributed by atoms with Crippen molar-refractivity contribution in [3.05, 3.63) is 22.4 Å². The number of aliphatic carboxylic acids is 1. The summed E-state index contributed by atoms with van der Waals surface area (Å²) in [7, 11) is 1.49. The van der Waals surface area contributed by atoms with Crippen LogP contribution in [-0.2, 0) is 16.1 Å². The van der Waals surface area contributed by atoms with Gasteiger partial charge >= 0.3 is 5.97 Å². The number of hydrogen-bond donors (Lipinski definition) is 2. The number of nitrogens with one attached hydrogen (secondary N) is 1. The number of ether oxygens (including phenoxy) is 1. The molecule has 1 atom stereocenters. The van der Waals surface area contributed by atoms with E-state index in [1.165, 1.54) is 7.11 Å². The molecular formula is C10H15NO3S. The monoisotopic (exact) mass is 229 g/mol.